The molecular weight excluding hydrogens is 345 g/mol. The Morgan fingerprint density at radius 2 is 1.65 bits per heavy atom. The van der Waals surface area contributed by atoms with Crippen molar-refractivity contribution in [3.8, 4) is 28.4 Å². The van der Waals surface area contributed by atoms with Crippen LogP contribution >= 0.6 is 0 Å². The van der Waals surface area contributed by atoms with Crippen LogP contribution in [0.1, 0.15) is 6.92 Å². The smallest absolute Gasteiger partial charge is 0.387 e. The second-order valence-corrected chi connectivity index (χ2v) is 5.49. The molecule has 0 aliphatic heterocycles. The number of hydrogen-bond acceptors (Lipinski definition) is 3. The summed E-state index contributed by atoms with van der Waals surface area (Å²) in [6, 6.07) is 12.6. The molecular formula is C20H17F3O3. The number of hydrogen-bond donors (Lipinski definition) is 0. The minimum Gasteiger partial charge on any atom is -0.497 e. The van der Waals surface area contributed by atoms with E-state index in [9.17, 15) is 8.78 Å². The van der Waals surface area contributed by atoms with E-state index in [1.165, 1.54) is 13.2 Å². The summed E-state index contributed by atoms with van der Waals surface area (Å²) in [4.78, 5) is 0. The summed E-state index contributed by atoms with van der Waals surface area (Å²) < 4.78 is 56.0. The molecule has 6 heteroatoms. The van der Waals surface area contributed by atoms with Crippen LogP contribution in [-0.4, -0.2) is 20.3 Å². The number of rotatable bonds is 6. The largest absolute Gasteiger partial charge is 0.497 e. The highest BCUT2D eigenvalue weighted by atomic mass is 19.3. The van der Waals surface area contributed by atoms with Crippen molar-refractivity contribution < 1.29 is 27.4 Å². The molecule has 136 valence electrons. The van der Waals surface area contributed by atoms with E-state index in [1.54, 1.807) is 42.5 Å². The maximum absolute atomic E-state index is 15.2. The molecule has 0 aliphatic rings. The van der Waals surface area contributed by atoms with Crippen LogP contribution in [-0.2, 0) is 0 Å². The Bertz CT molecular complexity index is 908. The van der Waals surface area contributed by atoms with Gasteiger partial charge in [0.15, 0.2) is 0 Å². The lowest BCUT2D eigenvalue weighted by Gasteiger charge is -2.15. The molecule has 0 spiro atoms. The molecule has 0 radical (unpaired) electrons. The monoisotopic (exact) mass is 362 g/mol. The van der Waals surface area contributed by atoms with E-state index in [0.717, 1.165) is 0 Å². The third-order valence-electron chi connectivity index (χ3n) is 3.92. The van der Waals surface area contributed by atoms with Crippen LogP contribution in [0.15, 0.2) is 48.5 Å². The van der Waals surface area contributed by atoms with Gasteiger partial charge in [0.05, 0.1) is 19.3 Å². The minimum absolute atomic E-state index is 0.0222. The number of ether oxygens (including phenoxy) is 3. The average Bonchev–Trinajstić information content (AvgIpc) is 2.62. The van der Waals surface area contributed by atoms with E-state index < -0.39 is 12.4 Å². The van der Waals surface area contributed by atoms with Crippen LogP contribution in [0.4, 0.5) is 13.2 Å². The second kappa shape index (κ2) is 7.56. The van der Waals surface area contributed by atoms with E-state index in [-0.39, 0.29) is 16.7 Å². The Labute approximate surface area is 148 Å². The number of halogens is 3. The second-order valence-electron chi connectivity index (χ2n) is 5.49. The fourth-order valence-electron chi connectivity index (χ4n) is 2.79. The summed E-state index contributed by atoms with van der Waals surface area (Å²) in [6.07, 6.45) is 0. The lowest BCUT2D eigenvalue weighted by atomic mass is 9.98. The number of benzene rings is 3. The molecule has 0 unspecified atom stereocenters. The van der Waals surface area contributed by atoms with Gasteiger partial charge in [-0.1, -0.05) is 12.1 Å². The summed E-state index contributed by atoms with van der Waals surface area (Å²) in [5, 5.41) is 0.698. The molecule has 0 atom stereocenters. The minimum atomic E-state index is -3.07. The number of fused-ring (bicyclic) bond motifs is 1. The molecule has 0 aliphatic carbocycles. The van der Waals surface area contributed by atoms with E-state index in [0.29, 0.717) is 29.1 Å². The van der Waals surface area contributed by atoms with E-state index in [4.69, 9.17) is 9.47 Å². The van der Waals surface area contributed by atoms with Crippen LogP contribution in [0.2, 0.25) is 0 Å². The molecule has 3 aromatic rings. The highest BCUT2D eigenvalue weighted by Crippen LogP contribution is 2.39. The molecule has 0 amide bonds. The fourth-order valence-corrected chi connectivity index (χ4v) is 2.79. The quantitative estimate of drug-likeness (QED) is 0.567. The summed E-state index contributed by atoms with van der Waals surface area (Å²) in [7, 11) is 1.47. The van der Waals surface area contributed by atoms with Crippen LogP contribution in [0.25, 0.3) is 21.9 Å². The zero-order valence-corrected chi connectivity index (χ0v) is 14.3. The molecule has 0 heterocycles. The average molecular weight is 362 g/mol. The lowest BCUT2D eigenvalue weighted by Crippen LogP contribution is -2.05. The molecule has 3 rings (SSSR count). The van der Waals surface area contributed by atoms with Gasteiger partial charge < -0.3 is 14.2 Å². The first-order valence-corrected chi connectivity index (χ1v) is 8.01. The van der Waals surface area contributed by atoms with Gasteiger partial charge in [0.1, 0.15) is 23.1 Å². The molecule has 0 saturated heterocycles. The van der Waals surface area contributed by atoms with Gasteiger partial charge in [-0.3, -0.25) is 0 Å². The summed E-state index contributed by atoms with van der Waals surface area (Å²) in [6.45, 7) is -0.732. The van der Waals surface area contributed by atoms with E-state index >= 15 is 4.39 Å². The molecule has 3 nitrogen and oxygen atoms in total. The van der Waals surface area contributed by atoms with Crippen LogP contribution < -0.4 is 14.2 Å². The molecule has 0 saturated carbocycles. The number of alkyl halides is 2. The fraction of sp³-hybridized carbons (Fsp3) is 0.200. The maximum atomic E-state index is 15.2. The van der Waals surface area contributed by atoms with Gasteiger partial charge in [-0.25, -0.2) is 4.39 Å². The predicted octanol–water partition coefficient (Wildman–Crippen LogP) is 5.65. The van der Waals surface area contributed by atoms with Gasteiger partial charge in [-0.2, -0.15) is 8.78 Å². The summed E-state index contributed by atoms with van der Waals surface area (Å²) >= 11 is 0. The Kier molecular flexibility index (Phi) is 5.21. The Hall–Kier alpha value is -2.89. The van der Waals surface area contributed by atoms with E-state index in [2.05, 4.69) is 4.74 Å². The van der Waals surface area contributed by atoms with Crippen molar-refractivity contribution in [3.05, 3.63) is 54.3 Å². The maximum Gasteiger partial charge on any atom is 0.387 e. The summed E-state index contributed by atoms with van der Waals surface area (Å²) in [5.74, 6) is 0.236. The van der Waals surface area contributed by atoms with Gasteiger partial charge >= 0.3 is 6.61 Å². The van der Waals surface area contributed by atoms with Crippen molar-refractivity contribution in [3.63, 3.8) is 0 Å². The standard InChI is InChI=1S/C20H17F3O3/c1-3-25-14-6-4-12(5-7-14)18-17(26-20(22)23)11-13-10-15(24-2)8-9-16(13)19(18)21/h4-11,20H,3H2,1-2H3. The van der Waals surface area contributed by atoms with Crippen molar-refractivity contribution in [1.29, 1.82) is 0 Å². The Balaban J connectivity index is 2.19. The summed E-state index contributed by atoms with van der Waals surface area (Å²) in [5.41, 5.74) is 0.394. The molecule has 26 heavy (non-hydrogen) atoms. The molecule has 3 aromatic carbocycles. The topological polar surface area (TPSA) is 27.7 Å². The van der Waals surface area contributed by atoms with Crippen molar-refractivity contribution in [2.24, 2.45) is 0 Å². The molecule has 0 aromatic heterocycles. The van der Waals surface area contributed by atoms with E-state index in [1.807, 2.05) is 6.92 Å². The number of methoxy groups -OCH3 is 1. The molecule has 0 N–H and O–H groups in total. The van der Waals surface area contributed by atoms with Gasteiger partial charge in [-0.05, 0) is 54.3 Å². The molecule has 0 bridgehead atoms. The first kappa shape index (κ1) is 17.9. The third kappa shape index (κ3) is 3.54. The zero-order chi connectivity index (χ0) is 18.7. The Morgan fingerprint density at radius 1 is 0.962 bits per heavy atom. The van der Waals surface area contributed by atoms with Crippen LogP contribution in [0.3, 0.4) is 0 Å². The lowest BCUT2D eigenvalue weighted by molar-refractivity contribution is -0.0494. The zero-order valence-electron chi connectivity index (χ0n) is 14.3. The first-order valence-electron chi connectivity index (χ1n) is 8.01. The van der Waals surface area contributed by atoms with Crippen molar-refractivity contribution in [2.45, 2.75) is 13.5 Å². The van der Waals surface area contributed by atoms with Crippen LogP contribution in [0, 0.1) is 5.82 Å². The van der Waals surface area contributed by atoms with Crippen molar-refractivity contribution >= 4 is 10.8 Å². The van der Waals surface area contributed by atoms with Gasteiger partial charge in [0.25, 0.3) is 0 Å². The normalized spacial score (nSPS) is 11.0. The Morgan fingerprint density at radius 3 is 2.27 bits per heavy atom. The highest BCUT2D eigenvalue weighted by Gasteiger charge is 2.19. The molecule has 0 fully saturated rings. The van der Waals surface area contributed by atoms with Gasteiger partial charge in [0.2, 0.25) is 0 Å². The van der Waals surface area contributed by atoms with Crippen LogP contribution in [0.5, 0.6) is 17.2 Å². The van der Waals surface area contributed by atoms with Gasteiger partial charge in [0, 0.05) is 5.39 Å². The first-order chi connectivity index (χ1) is 12.5. The van der Waals surface area contributed by atoms with Gasteiger partial charge in [-0.15, -0.1) is 0 Å². The SMILES string of the molecule is CCOc1ccc(-c2c(OC(F)F)cc3cc(OC)ccc3c2F)cc1. The third-order valence-corrected chi connectivity index (χ3v) is 3.92. The highest BCUT2D eigenvalue weighted by molar-refractivity contribution is 5.92. The van der Waals surface area contributed by atoms with Crippen molar-refractivity contribution in [1.82, 2.24) is 0 Å². The predicted molar refractivity (Wildman–Crippen MR) is 93.7 cm³/mol. The van der Waals surface area contributed by atoms with Crippen molar-refractivity contribution in [2.75, 3.05) is 13.7 Å².